The van der Waals surface area contributed by atoms with E-state index in [0.717, 1.165) is 5.92 Å². The molecule has 0 aromatic heterocycles. The van der Waals surface area contributed by atoms with E-state index in [-0.39, 0.29) is 0 Å². The van der Waals surface area contributed by atoms with Gasteiger partial charge in [-0.2, -0.15) is 0 Å². The van der Waals surface area contributed by atoms with Crippen LogP contribution >= 0.6 is 15.9 Å². The standard InChI is InChI=1S/C19H19Br/c20-18-11-5-10-16-14-8-3-4-9-15(14)17(19(16)18)12-13-6-1-2-7-13/h3-5,8-11,13,17H,1-2,6-7,12H2. The van der Waals surface area contributed by atoms with E-state index in [0.29, 0.717) is 5.92 Å². The van der Waals surface area contributed by atoms with Crippen molar-refractivity contribution in [3.8, 4) is 11.1 Å². The summed E-state index contributed by atoms with van der Waals surface area (Å²) in [6, 6.07) is 15.6. The number of benzene rings is 2. The van der Waals surface area contributed by atoms with Crippen molar-refractivity contribution < 1.29 is 0 Å². The van der Waals surface area contributed by atoms with Crippen LogP contribution in [0.1, 0.15) is 49.1 Å². The van der Waals surface area contributed by atoms with Gasteiger partial charge in [-0.15, -0.1) is 0 Å². The van der Waals surface area contributed by atoms with E-state index >= 15 is 0 Å². The average Bonchev–Trinajstić information content (AvgIpc) is 3.08. The molecule has 1 atom stereocenters. The van der Waals surface area contributed by atoms with Gasteiger partial charge in [-0.25, -0.2) is 0 Å². The van der Waals surface area contributed by atoms with Crippen LogP contribution < -0.4 is 0 Å². The molecule has 0 N–H and O–H groups in total. The third-order valence-electron chi connectivity index (χ3n) is 5.07. The van der Waals surface area contributed by atoms with Gasteiger partial charge < -0.3 is 0 Å². The van der Waals surface area contributed by atoms with E-state index in [9.17, 15) is 0 Å². The highest BCUT2D eigenvalue weighted by Crippen LogP contribution is 2.51. The second-order valence-corrected chi connectivity index (χ2v) is 7.08. The zero-order chi connectivity index (χ0) is 13.5. The lowest BCUT2D eigenvalue weighted by Gasteiger charge is -2.19. The molecule has 1 fully saturated rings. The van der Waals surface area contributed by atoms with E-state index in [4.69, 9.17) is 0 Å². The van der Waals surface area contributed by atoms with Crippen LogP contribution in [0.15, 0.2) is 46.9 Å². The Morgan fingerprint density at radius 3 is 2.50 bits per heavy atom. The third kappa shape index (κ3) is 1.95. The second kappa shape index (κ2) is 5.04. The average molecular weight is 327 g/mol. The van der Waals surface area contributed by atoms with Crippen molar-refractivity contribution in [1.29, 1.82) is 0 Å². The van der Waals surface area contributed by atoms with Crippen molar-refractivity contribution in [2.45, 2.75) is 38.0 Å². The van der Waals surface area contributed by atoms with Gasteiger partial charge in [-0.3, -0.25) is 0 Å². The molecular formula is C19H19Br. The van der Waals surface area contributed by atoms with E-state index in [1.54, 1.807) is 5.56 Å². The molecule has 2 aliphatic rings. The molecule has 0 spiro atoms. The van der Waals surface area contributed by atoms with Crippen LogP contribution in [-0.2, 0) is 0 Å². The van der Waals surface area contributed by atoms with Gasteiger partial charge in [-0.05, 0) is 40.7 Å². The Bertz CT molecular complexity index is 638. The molecule has 0 nitrogen and oxygen atoms in total. The normalized spacial score (nSPS) is 20.9. The van der Waals surface area contributed by atoms with Gasteiger partial charge in [0, 0.05) is 10.4 Å². The zero-order valence-electron chi connectivity index (χ0n) is 11.6. The van der Waals surface area contributed by atoms with Crippen LogP contribution in [-0.4, -0.2) is 0 Å². The summed E-state index contributed by atoms with van der Waals surface area (Å²) in [7, 11) is 0. The van der Waals surface area contributed by atoms with Crippen LogP contribution in [0.4, 0.5) is 0 Å². The molecule has 2 aliphatic carbocycles. The van der Waals surface area contributed by atoms with Crippen LogP contribution in [0.25, 0.3) is 11.1 Å². The molecule has 0 amide bonds. The van der Waals surface area contributed by atoms with Crippen molar-refractivity contribution in [3.05, 3.63) is 58.1 Å². The molecule has 2 aromatic rings. The van der Waals surface area contributed by atoms with Crippen molar-refractivity contribution in [1.82, 2.24) is 0 Å². The molecule has 0 radical (unpaired) electrons. The molecule has 1 unspecified atom stereocenters. The first-order chi connectivity index (χ1) is 9.84. The maximum Gasteiger partial charge on any atom is 0.0219 e. The Morgan fingerprint density at radius 1 is 0.900 bits per heavy atom. The van der Waals surface area contributed by atoms with Gasteiger partial charge >= 0.3 is 0 Å². The van der Waals surface area contributed by atoms with Gasteiger partial charge in [0.25, 0.3) is 0 Å². The minimum absolute atomic E-state index is 0.597. The molecule has 0 bridgehead atoms. The lowest BCUT2D eigenvalue weighted by atomic mass is 9.86. The first kappa shape index (κ1) is 12.6. The first-order valence-corrected chi connectivity index (χ1v) is 8.51. The Hall–Kier alpha value is -1.08. The minimum Gasteiger partial charge on any atom is -0.0619 e. The number of rotatable bonds is 2. The fraction of sp³-hybridized carbons (Fsp3) is 0.368. The van der Waals surface area contributed by atoms with Crippen LogP contribution in [0, 0.1) is 5.92 Å². The quantitative estimate of drug-likeness (QED) is 0.621. The van der Waals surface area contributed by atoms with E-state index in [1.807, 2.05) is 0 Å². The summed E-state index contributed by atoms with van der Waals surface area (Å²) in [5, 5.41) is 0. The van der Waals surface area contributed by atoms with Gasteiger partial charge in [0.1, 0.15) is 0 Å². The molecule has 0 saturated heterocycles. The molecule has 1 saturated carbocycles. The second-order valence-electron chi connectivity index (χ2n) is 6.23. The summed E-state index contributed by atoms with van der Waals surface area (Å²) in [5.74, 6) is 1.52. The molecule has 1 heteroatoms. The monoisotopic (exact) mass is 326 g/mol. The molecule has 0 aliphatic heterocycles. The van der Waals surface area contributed by atoms with Gasteiger partial charge in [0.2, 0.25) is 0 Å². The molecule has 2 aromatic carbocycles. The van der Waals surface area contributed by atoms with E-state index < -0.39 is 0 Å². The van der Waals surface area contributed by atoms with Gasteiger partial charge in [0.15, 0.2) is 0 Å². The fourth-order valence-electron chi connectivity index (χ4n) is 4.15. The molecule has 4 rings (SSSR count). The summed E-state index contributed by atoms with van der Waals surface area (Å²) in [6.07, 6.45) is 7.05. The van der Waals surface area contributed by atoms with Crippen molar-refractivity contribution in [2.75, 3.05) is 0 Å². The number of hydrogen-bond donors (Lipinski definition) is 0. The van der Waals surface area contributed by atoms with Crippen molar-refractivity contribution >= 4 is 15.9 Å². The highest BCUT2D eigenvalue weighted by molar-refractivity contribution is 9.10. The topological polar surface area (TPSA) is 0 Å². The lowest BCUT2D eigenvalue weighted by molar-refractivity contribution is 0.476. The predicted molar refractivity (Wildman–Crippen MR) is 88.0 cm³/mol. The Morgan fingerprint density at radius 2 is 1.65 bits per heavy atom. The maximum atomic E-state index is 3.80. The summed E-state index contributed by atoms with van der Waals surface area (Å²) < 4.78 is 1.29. The Labute approximate surface area is 129 Å². The largest absolute Gasteiger partial charge is 0.0619 e. The molecular weight excluding hydrogens is 308 g/mol. The first-order valence-electron chi connectivity index (χ1n) is 7.72. The van der Waals surface area contributed by atoms with E-state index in [1.165, 1.54) is 53.3 Å². The van der Waals surface area contributed by atoms with Gasteiger partial charge in [0.05, 0.1) is 0 Å². The summed E-state index contributed by atoms with van der Waals surface area (Å²) in [4.78, 5) is 0. The minimum atomic E-state index is 0.597. The third-order valence-corrected chi connectivity index (χ3v) is 5.76. The molecule has 102 valence electrons. The number of fused-ring (bicyclic) bond motifs is 3. The zero-order valence-corrected chi connectivity index (χ0v) is 13.2. The van der Waals surface area contributed by atoms with Crippen LogP contribution in [0.2, 0.25) is 0 Å². The highest BCUT2D eigenvalue weighted by atomic mass is 79.9. The van der Waals surface area contributed by atoms with Crippen LogP contribution in [0.3, 0.4) is 0 Å². The smallest absolute Gasteiger partial charge is 0.0219 e. The van der Waals surface area contributed by atoms with E-state index in [2.05, 4.69) is 58.4 Å². The summed E-state index contributed by atoms with van der Waals surface area (Å²) in [5.41, 5.74) is 5.96. The van der Waals surface area contributed by atoms with Gasteiger partial charge in [-0.1, -0.05) is 78.0 Å². The summed E-state index contributed by atoms with van der Waals surface area (Å²) in [6.45, 7) is 0. The van der Waals surface area contributed by atoms with Crippen molar-refractivity contribution in [3.63, 3.8) is 0 Å². The fourth-order valence-corrected chi connectivity index (χ4v) is 4.79. The Balaban J connectivity index is 1.81. The molecule has 20 heavy (non-hydrogen) atoms. The summed E-state index contributed by atoms with van der Waals surface area (Å²) >= 11 is 3.80. The molecule has 0 heterocycles. The maximum absolute atomic E-state index is 3.80. The number of halogens is 1. The highest BCUT2D eigenvalue weighted by Gasteiger charge is 2.32. The van der Waals surface area contributed by atoms with Crippen molar-refractivity contribution in [2.24, 2.45) is 5.92 Å². The lowest BCUT2D eigenvalue weighted by Crippen LogP contribution is -2.04. The SMILES string of the molecule is Brc1cccc2c1C(CC1CCCC1)c1ccccc1-2. The Kier molecular flexibility index (Phi) is 3.18. The predicted octanol–water partition coefficient (Wildman–Crippen LogP) is 6.14. The van der Waals surface area contributed by atoms with Crippen LogP contribution in [0.5, 0.6) is 0 Å². The number of hydrogen-bond acceptors (Lipinski definition) is 0.